The second kappa shape index (κ2) is 7.69. The third-order valence-electron chi connectivity index (χ3n) is 4.11. The van der Waals surface area contributed by atoms with Crippen molar-refractivity contribution in [2.75, 3.05) is 30.0 Å². The number of rotatable bonds is 5. The molecule has 1 aliphatic rings. The van der Waals surface area contributed by atoms with Crippen molar-refractivity contribution in [2.24, 2.45) is 5.92 Å². The fourth-order valence-electron chi connectivity index (χ4n) is 2.53. The summed E-state index contributed by atoms with van der Waals surface area (Å²) in [6, 6.07) is 9.49. The van der Waals surface area contributed by atoms with Crippen molar-refractivity contribution in [3.63, 3.8) is 0 Å². The van der Waals surface area contributed by atoms with Crippen LogP contribution in [0.2, 0.25) is 0 Å². The summed E-state index contributed by atoms with van der Waals surface area (Å²) in [5.41, 5.74) is 0.791. The first-order valence-electron chi connectivity index (χ1n) is 8.16. The Bertz CT molecular complexity index is 976. The summed E-state index contributed by atoms with van der Waals surface area (Å²) in [5.74, 6) is 1.26. The summed E-state index contributed by atoms with van der Waals surface area (Å²) < 4.78 is 38.5. The lowest BCUT2D eigenvalue weighted by Crippen LogP contribution is -2.20. The van der Waals surface area contributed by atoms with E-state index in [0.717, 1.165) is 4.90 Å². The summed E-state index contributed by atoms with van der Waals surface area (Å²) >= 11 is 1.52. The Hall–Kier alpha value is -2.39. The van der Waals surface area contributed by atoms with Gasteiger partial charge in [-0.3, -0.25) is 9.52 Å². The first-order chi connectivity index (χ1) is 12.8. The van der Waals surface area contributed by atoms with Crippen LogP contribution in [-0.4, -0.2) is 34.3 Å². The van der Waals surface area contributed by atoms with Crippen LogP contribution < -0.4 is 19.5 Å². The number of hydrogen-bond acceptors (Lipinski definition) is 6. The molecule has 0 saturated carbocycles. The fourth-order valence-corrected chi connectivity index (χ4v) is 4.64. The largest absolute Gasteiger partial charge is 0.497 e. The first kappa shape index (κ1) is 19.4. The summed E-state index contributed by atoms with van der Waals surface area (Å²) in [6.45, 7) is 1.84. The molecule has 1 aliphatic heterocycles. The van der Waals surface area contributed by atoms with Crippen LogP contribution in [0.5, 0.6) is 11.5 Å². The van der Waals surface area contributed by atoms with Gasteiger partial charge in [0.05, 0.1) is 30.5 Å². The molecule has 2 aromatic rings. The Labute approximate surface area is 162 Å². The van der Waals surface area contributed by atoms with E-state index in [1.165, 1.54) is 38.1 Å². The fraction of sp³-hybridized carbons (Fsp3) is 0.278. The molecule has 2 aromatic carbocycles. The quantitative estimate of drug-likeness (QED) is 0.789. The van der Waals surface area contributed by atoms with E-state index in [9.17, 15) is 13.2 Å². The van der Waals surface area contributed by atoms with Gasteiger partial charge < -0.3 is 14.8 Å². The minimum Gasteiger partial charge on any atom is -0.497 e. The van der Waals surface area contributed by atoms with Gasteiger partial charge in [0.1, 0.15) is 11.5 Å². The van der Waals surface area contributed by atoms with Crippen molar-refractivity contribution in [2.45, 2.75) is 16.7 Å². The number of amides is 1. The monoisotopic (exact) mass is 408 g/mol. The van der Waals surface area contributed by atoms with E-state index in [1.54, 1.807) is 24.3 Å². The SMILES string of the molecule is COc1ccc(NS(=O)(=O)c2ccc3c(c2)NC(=O)[C@H](C)CS3)c(OC)c1. The molecule has 1 amide bonds. The van der Waals surface area contributed by atoms with Crippen LogP contribution in [0.4, 0.5) is 11.4 Å². The van der Waals surface area contributed by atoms with Gasteiger partial charge in [-0.25, -0.2) is 8.42 Å². The van der Waals surface area contributed by atoms with Crippen molar-refractivity contribution in [1.29, 1.82) is 0 Å². The number of nitrogens with one attached hydrogen (secondary N) is 2. The van der Waals surface area contributed by atoms with Gasteiger partial charge in [-0.05, 0) is 30.3 Å². The lowest BCUT2D eigenvalue weighted by atomic mass is 10.2. The number of methoxy groups -OCH3 is 2. The second-order valence-electron chi connectivity index (χ2n) is 6.03. The van der Waals surface area contributed by atoms with Gasteiger partial charge in [-0.15, -0.1) is 11.8 Å². The molecule has 0 fully saturated rings. The highest BCUT2D eigenvalue weighted by atomic mass is 32.2. The molecular formula is C18H20N2O5S2. The Balaban J connectivity index is 1.92. The van der Waals surface area contributed by atoms with E-state index in [1.807, 2.05) is 6.92 Å². The molecule has 3 rings (SSSR count). The predicted molar refractivity (Wildman–Crippen MR) is 105 cm³/mol. The zero-order chi connectivity index (χ0) is 19.6. The molecule has 27 heavy (non-hydrogen) atoms. The third-order valence-corrected chi connectivity index (χ3v) is 6.81. The van der Waals surface area contributed by atoms with Crippen molar-refractivity contribution >= 4 is 39.1 Å². The van der Waals surface area contributed by atoms with E-state index < -0.39 is 10.0 Å². The van der Waals surface area contributed by atoms with Gasteiger partial charge in [-0.2, -0.15) is 0 Å². The number of carbonyl (C=O) groups excluding carboxylic acids is 1. The van der Waals surface area contributed by atoms with Gasteiger partial charge in [0.25, 0.3) is 10.0 Å². The molecule has 0 bridgehead atoms. The van der Waals surface area contributed by atoms with Gasteiger partial charge in [0.15, 0.2) is 0 Å². The van der Waals surface area contributed by atoms with Crippen molar-refractivity contribution in [1.82, 2.24) is 0 Å². The Kier molecular flexibility index (Phi) is 5.52. The average molecular weight is 409 g/mol. The molecule has 2 N–H and O–H groups in total. The van der Waals surface area contributed by atoms with Crippen LogP contribution in [0.1, 0.15) is 6.92 Å². The van der Waals surface area contributed by atoms with Crippen LogP contribution in [0.3, 0.4) is 0 Å². The molecule has 0 unspecified atom stereocenters. The molecule has 144 valence electrons. The van der Waals surface area contributed by atoms with Crippen molar-refractivity contribution < 1.29 is 22.7 Å². The number of fused-ring (bicyclic) bond motifs is 1. The molecule has 0 spiro atoms. The van der Waals surface area contributed by atoms with Crippen LogP contribution in [0.15, 0.2) is 46.2 Å². The average Bonchev–Trinajstić information content (AvgIpc) is 2.80. The predicted octanol–water partition coefficient (Wildman–Crippen LogP) is 3.18. The first-order valence-corrected chi connectivity index (χ1v) is 10.6. The highest BCUT2D eigenvalue weighted by Gasteiger charge is 2.23. The molecule has 0 radical (unpaired) electrons. The lowest BCUT2D eigenvalue weighted by molar-refractivity contribution is -0.118. The van der Waals surface area contributed by atoms with Gasteiger partial charge in [-0.1, -0.05) is 6.92 Å². The maximum Gasteiger partial charge on any atom is 0.262 e. The molecule has 1 atom stereocenters. The molecule has 0 aliphatic carbocycles. The zero-order valence-corrected chi connectivity index (χ0v) is 16.7. The van der Waals surface area contributed by atoms with Crippen LogP contribution in [-0.2, 0) is 14.8 Å². The minimum atomic E-state index is -3.87. The second-order valence-corrected chi connectivity index (χ2v) is 8.78. The highest BCUT2D eigenvalue weighted by Crippen LogP contribution is 2.35. The third kappa shape index (κ3) is 4.14. The number of benzene rings is 2. The van der Waals surface area contributed by atoms with Crippen LogP contribution >= 0.6 is 11.8 Å². The topological polar surface area (TPSA) is 93.7 Å². The molecule has 1 heterocycles. The van der Waals surface area contributed by atoms with E-state index in [2.05, 4.69) is 10.0 Å². The Morgan fingerprint density at radius 3 is 2.63 bits per heavy atom. The minimum absolute atomic E-state index is 0.0505. The molecule has 9 heteroatoms. The summed E-state index contributed by atoms with van der Waals surface area (Å²) in [6.07, 6.45) is 0. The number of sulfonamides is 1. The molecule has 7 nitrogen and oxygen atoms in total. The smallest absolute Gasteiger partial charge is 0.262 e. The molecular weight excluding hydrogens is 388 g/mol. The van der Waals surface area contributed by atoms with Gasteiger partial charge in [0, 0.05) is 22.6 Å². The van der Waals surface area contributed by atoms with Crippen molar-refractivity contribution in [3.05, 3.63) is 36.4 Å². The number of anilines is 2. The highest BCUT2D eigenvalue weighted by molar-refractivity contribution is 7.99. The Morgan fingerprint density at radius 1 is 1.15 bits per heavy atom. The van der Waals surface area contributed by atoms with E-state index in [4.69, 9.17) is 9.47 Å². The van der Waals surface area contributed by atoms with Crippen LogP contribution in [0, 0.1) is 5.92 Å². The van der Waals surface area contributed by atoms with E-state index >= 15 is 0 Å². The maximum absolute atomic E-state index is 12.8. The molecule has 0 saturated heterocycles. The summed E-state index contributed by atoms with van der Waals surface area (Å²) in [7, 11) is -0.911. The van der Waals surface area contributed by atoms with Crippen molar-refractivity contribution in [3.8, 4) is 11.5 Å². The maximum atomic E-state index is 12.8. The summed E-state index contributed by atoms with van der Waals surface area (Å²) in [4.78, 5) is 12.9. The summed E-state index contributed by atoms with van der Waals surface area (Å²) in [5, 5.41) is 2.79. The normalized spacial score (nSPS) is 16.7. The van der Waals surface area contributed by atoms with E-state index in [-0.39, 0.29) is 16.7 Å². The van der Waals surface area contributed by atoms with E-state index in [0.29, 0.717) is 28.6 Å². The Morgan fingerprint density at radius 2 is 1.93 bits per heavy atom. The van der Waals surface area contributed by atoms with Gasteiger partial charge >= 0.3 is 0 Å². The number of ether oxygens (including phenoxy) is 2. The number of hydrogen-bond donors (Lipinski definition) is 2. The molecule has 0 aromatic heterocycles. The lowest BCUT2D eigenvalue weighted by Gasteiger charge is -2.14. The standard InChI is InChI=1S/C18H20N2O5S2/c1-11-10-26-17-7-5-13(9-15(17)19-18(11)21)27(22,23)20-14-6-4-12(24-2)8-16(14)25-3/h4-9,11,20H,10H2,1-3H3,(H,19,21)/t11-/m1/s1. The number of thioether (sulfide) groups is 1. The van der Waals surface area contributed by atoms with Gasteiger partial charge in [0.2, 0.25) is 5.91 Å². The number of carbonyl (C=O) groups is 1. The zero-order valence-electron chi connectivity index (χ0n) is 15.1. The van der Waals surface area contributed by atoms with Crippen LogP contribution in [0.25, 0.3) is 0 Å².